The molecule has 21 heavy (non-hydrogen) atoms. The smallest absolute Gasteiger partial charge is 0.126 e. The maximum atomic E-state index is 13.9. The van der Waals surface area contributed by atoms with Gasteiger partial charge in [-0.25, -0.2) is 4.39 Å². The van der Waals surface area contributed by atoms with Gasteiger partial charge in [0.15, 0.2) is 0 Å². The van der Waals surface area contributed by atoms with E-state index in [0.717, 1.165) is 28.0 Å². The number of hydrogen-bond acceptors (Lipinski definition) is 2. The zero-order valence-electron chi connectivity index (χ0n) is 13.3. The molecule has 112 valence electrons. The lowest BCUT2D eigenvalue weighted by Gasteiger charge is -2.30. The molecule has 0 fully saturated rings. The number of halogens is 1. The summed E-state index contributed by atoms with van der Waals surface area (Å²) in [6, 6.07) is 9.16. The summed E-state index contributed by atoms with van der Waals surface area (Å²) in [6.45, 7) is 7.64. The fourth-order valence-electron chi connectivity index (χ4n) is 2.82. The molecule has 2 N–H and O–H groups in total. The molecule has 2 aromatic carbocycles. The Balaban J connectivity index is 2.65. The van der Waals surface area contributed by atoms with Crippen LogP contribution in [0.3, 0.4) is 0 Å². The van der Waals surface area contributed by atoms with E-state index >= 15 is 0 Å². The van der Waals surface area contributed by atoms with Gasteiger partial charge in [0.05, 0.1) is 12.6 Å². The van der Waals surface area contributed by atoms with Crippen LogP contribution in [0, 0.1) is 26.6 Å². The van der Waals surface area contributed by atoms with Crippen LogP contribution in [0.1, 0.15) is 34.7 Å². The van der Waals surface area contributed by atoms with Gasteiger partial charge in [-0.3, -0.25) is 0 Å². The largest absolute Gasteiger partial charge is 0.496 e. The van der Waals surface area contributed by atoms with E-state index in [1.807, 2.05) is 32.9 Å². The van der Waals surface area contributed by atoms with Crippen LogP contribution >= 0.6 is 0 Å². The first kappa shape index (κ1) is 15.5. The van der Waals surface area contributed by atoms with Gasteiger partial charge in [0.25, 0.3) is 0 Å². The molecule has 0 amide bonds. The van der Waals surface area contributed by atoms with Crippen LogP contribution in [-0.2, 0) is 5.54 Å². The van der Waals surface area contributed by atoms with E-state index in [4.69, 9.17) is 10.5 Å². The quantitative estimate of drug-likeness (QED) is 0.926. The maximum absolute atomic E-state index is 13.9. The zero-order chi connectivity index (χ0) is 15.8. The molecule has 0 saturated heterocycles. The Morgan fingerprint density at radius 2 is 1.71 bits per heavy atom. The molecule has 0 aliphatic heterocycles. The van der Waals surface area contributed by atoms with E-state index in [9.17, 15) is 4.39 Å². The zero-order valence-corrected chi connectivity index (χ0v) is 13.3. The summed E-state index contributed by atoms with van der Waals surface area (Å²) in [5, 5.41) is 0. The highest BCUT2D eigenvalue weighted by Crippen LogP contribution is 2.37. The number of ether oxygens (including phenoxy) is 1. The first-order chi connectivity index (χ1) is 9.77. The molecule has 0 aliphatic carbocycles. The molecule has 0 saturated carbocycles. The van der Waals surface area contributed by atoms with Crippen molar-refractivity contribution in [3.05, 3.63) is 64.0 Å². The second-order valence-corrected chi connectivity index (χ2v) is 5.83. The Morgan fingerprint density at radius 1 is 1.05 bits per heavy atom. The van der Waals surface area contributed by atoms with E-state index in [-0.39, 0.29) is 5.82 Å². The highest BCUT2D eigenvalue weighted by Gasteiger charge is 2.29. The maximum Gasteiger partial charge on any atom is 0.126 e. The Morgan fingerprint density at radius 3 is 2.29 bits per heavy atom. The minimum absolute atomic E-state index is 0.243. The summed E-state index contributed by atoms with van der Waals surface area (Å²) < 4.78 is 19.4. The summed E-state index contributed by atoms with van der Waals surface area (Å²) in [5.74, 6) is 0.492. The predicted octanol–water partition coefficient (Wildman–Crippen LogP) is 3.98. The van der Waals surface area contributed by atoms with Crippen LogP contribution in [0.15, 0.2) is 30.3 Å². The van der Waals surface area contributed by atoms with Crippen molar-refractivity contribution in [2.24, 2.45) is 5.73 Å². The standard InChI is InChI=1S/C18H22FNO/c1-11-8-13(3)17(16(9-11)21-5)18(4,20)14-7-6-12(2)15(19)10-14/h6-10H,20H2,1-5H3. The number of methoxy groups -OCH3 is 1. The van der Waals surface area contributed by atoms with Gasteiger partial charge in [-0.1, -0.05) is 18.2 Å². The molecule has 2 nitrogen and oxygen atoms in total. The lowest BCUT2D eigenvalue weighted by Crippen LogP contribution is -2.35. The molecule has 1 atom stereocenters. The topological polar surface area (TPSA) is 35.2 Å². The first-order valence-corrected chi connectivity index (χ1v) is 6.98. The molecule has 0 aliphatic rings. The van der Waals surface area contributed by atoms with Crippen molar-refractivity contribution in [1.29, 1.82) is 0 Å². The molecule has 0 bridgehead atoms. The van der Waals surface area contributed by atoms with Crippen LogP contribution in [0.4, 0.5) is 4.39 Å². The number of nitrogens with two attached hydrogens (primary N) is 1. The molecule has 2 rings (SSSR count). The molecular weight excluding hydrogens is 265 g/mol. The third kappa shape index (κ3) is 2.79. The summed E-state index contributed by atoms with van der Waals surface area (Å²) in [5.41, 5.74) is 10.1. The van der Waals surface area contributed by atoms with Crippen LogP contribution < -0.4 is 10.5 Å². The monoisotopic (exact) mass is 287 g/mol. The summed E-state index contributed by atoms with van der Waals surface area (Å²) >= 11 is 0. The Kier molecular flexibility index (Phi) is 4.06. The SMILES string of the molecule is COc1cc(C)cc(C)c1C(C)(N)c1ccc(C)c(F)c1. The van der Waals surface area contributed by atoms with Gasteiger partial charge in [-0.2, -0.15) is 0 Å². The molecule has 0 spiro atoms. The van der Waals surface area contributed by atoms with Crippen molar-refractivity contribution in [2.75, 3.05) is 7.11 Å². The van der Waals surface area contributed by atoms with Gasteiger partial charge in [0.2, 0.25) is 0 Å². The van der Waals surface area contributed by atoms with Gasteiger partial charge in [0, 0.05) is 5.56 Å². The van der Waals surface area contributed by atoms with Gasteiger partial charge in [0.1, 0.15) is 11.6 Å². The number of hydrogen-bond donors (Lipinski definition) is 1. The van der Waals surface area contributed by atoms with Crippen LogP contribution in [0.5, 0.6) is 5.75 Å². The lowest BCUT2D eigenvalue weighted by atomic mass is 9.81. The van der Waals surface area contributed by atoms with Gasteiger partial charge in [-0.05, 0) is 62.1 Å². The molecular formula is C18H22FNO. The Labute approximate surface area is 125 Å². The average molecular weight is 287 g/mol. The van der Waals surface area contributed by atoms with Gasteiger partial charge < -0.3 is 10.5 Å². The van der Waals surface area contributed by atoms with Crippen molar-refractivity contribution >= 4 is 0 Å². The summed E-state index contributed by atoms with van der Waals surface area (Å²) in [6.07, 6.45) is 0. The van der Waals surface area contributed by atoms with Crippen molar-refractivity contribution in [2.45, 2.75) is 33.2 Å². The molecule has 2 aromatic rings. The van der Waals surface area contributed by atoms with Gasteiger partial charge >= 0.3 is 0 Å². The fourth-order valence-corrected chi connectivity index (χ4v) is 2.82. The van der Waals surface area contributed by atoms with Crippen molar-refractivity contribution in [3.63, 3.8) is 0 Å². The van der Waals surface area contributed by atoms with Gasteiger partial charge in [-0.15, -0.1) is 0 Å². The minimum Gasteiger partial charge on any atom is -0.496 e. The van der Waals surface area contributed by atoms with Crippen LogP contribution in [-0.4, -0.2) is 7.11 Å². The average Bonchev–Trinajstić information content (AvgIpc) is 2.40. The number of benzene rings is 2. The Hall–Kier alpha value is -1.87. The van der Waals surface area contributed by atoms with E-state index in [2.05, 4.69) is 6.07 Å². The highest BCUT2D eigenvalue weighted by molar-refractivity contribution is 5.51. The Bertz CT molecular complexity index is 677. The number of rotatable bonds is 3. The van der Waals surface area contributed by atoms with Crippen molar-refractivity contribution in [1.82, 2.24) is 0 Å². The highest BCUT2D eigenvalue weighted by atomic mass is 19.1. The summed E-state index contributed by atoms with van der Waals surface area (Å²) in [4.78, 5) is 0. The van der Waals surface area contributed by atoms with Crippen LogP contribution in [0.2, 0.25) is 0 Å². The third-order valence-corrected chi connectivity index (χ3v) is 3.95. The predicted molar refractivity (Wildman–Crippen MR) is 84.2 cm³/mol. The van der Waals surface area contributed by atoms with E-state index in [1.54, 1.807) is 20.1 Å². The minimum atomic E-state index is -0.822. The van der Waals surface area contributed by atoms with E-state index in [0.29, 0.717) is 5.56 Å². The van der Waals surface area contributed by atoms with Crippen molar-refractivity contribution < 1.29 is 9.13 Å². The van der Waals surface area contributed by atoms with Crippen LogP contribution in [0.25, 0.3) is 0 Å². The molecule has 0 heterocycles. The fraction of sp³-hybridized carbons (Fsp3) is 0.333. The van der Waals surface area contributed by atoms with E-state index < -0.39 is 5.54 Å². The second kappa shape index (κ2) is 5.49. The molecule has 0 radical (unpaired) electrons. The molecule has 3 heteroatoms. The molecule has 0 aromatic heterocycles. The lowest BCUT2D eigenvalue weighted by molar-refractivity contribution is 0.397. The van der Waals surface area contributed by atoms with E-state index in [1.165, 1.54) is 6.07 Å². The first-order valence-electron chi connectivity index (χ1n) is 6.98. The third-order valence-electron chi connectivity index (χ3n) is 3.95. The normalized spacial score (nSPS) is 13.9. The second-order valence-electron chi connectivity index (χ2n) is 5.83. The van der Waals surface area contributed by atoms with Crippen molar-refractivity contribution in [3.8, 4) is 5.75 Å². The molecule has 1 unspecified atom stereocenters. The number of aryl methyl sites for hydroxylation is 3. The summed E-state index contributed by atoms with van der Waals surface area (Å²) in [7, 11) is 1.63.